The summed E-state index contributed by atoms with van der Waals surface area (Å²) in [4.78, 5) is 27.6. The zero-order chi connectivity index (χ0) is 14.7. The van der Waals surface area contributed by atoms with Gasteiger partial charge in [-0.2, -0.15) is 0 Å². The molecule has 0 fully saturated rings. The van der Waals surface area contributed by atoms with Gasteiger partial charge in [-0.1, -0.05) is 0 Å². The van der Waals surface area contributed by atoms with Crippen molar-refractivity contribution in [1.82, 2.24) is 14.7 Å². The van der Waals surface area contributed by atoms with E-state index in [-0.39, 0.29) is 24.8 Å². The van der Waals surface area contributed by atoms with Crippen molar-refractivity contribution in [3.05, 3.63) is 23.0 Å². The van der Waals surface area contributed by atoms with E-state index in [4.69, 9.17) is 5.11 Å². The van der Waals surface area contributed by atoms with Crippen LogP contribution in [0, 0.1) is 6.92 Å². The predicted octanol–water partition coefficient (Wildman–Crippen LogP) is 1.62. The van der Waals surface area contributed by atoms with Gasteiger partial charge in [0.15, 0.2) is 4.96 Å². The molecule has 0 aliphatic carbocycles. The maximum atomic E-state index is 11.9. The van der Waals surface area contributed by atoms with E-state index in [1.807, 2.05) is 29.8 Å². The molecule has 1 amide bonds. The van der Waals surface area contributed by atoms with Crippen LogP contribution < -0.4 is 5.32 Å². The maximum Gasteiger partial charge on any atom is 0.303 e. The molecule has 0 aliphatic rings. The van der Waals surface area contributed by atoms with E-state index in [9.17, 15) is 9.59 Å². The van der Waals surface area contributed by atoms with Crippen LogP contribution in [-0.2, 0) is 16.0 Å². The Bertz CT molecular complexity index is 632. The van der Waals surface area contributed by atoms with Crippen LogP contribution in [0.1, 0.15) is 31.2 Å². The van der Waals surface area contributed by atoms with Gasteiger partial charge in [-0.15, -0.1) is 11.3 Å². The fourth-order valence-electron chi connectivity index (χ4n) is 1.97. The third-order valence-corrected chi connectivity index (χ3v) is 3.83. The molecule has 0 aromatic carbocycles. The number of carbonyl (C=O) groups is 2. The van der Waals surface area contributed by atoms with Crippen LogP contribution >= 0.6 is 11.3 Å². The molecule has 2 heterocycles. The number of carboxylic acids is 1. The fraction of sp³-hybridized carbons (Fsp3) is 0.462. The normalized spacial score (nSPS) is 12.5. The van der Waals surface area contributed by atoms with Gasteiger partial charge in [0.2, 0.25) is 5.91 Å². The van der Waals surface area contributed by atoms with E-state index < -0.39 is 5.97 Å². The van der Waals surface area contributed by atoms with E-state index >= 15 is 0 Å². The number of amides is 1. The smallest absolute Gasteiger partial charge is 0.303 e. The number of nitrogens with one attached hydrogen (secondary N) is 1. The number of aromatic nitrogens is 2. The van der Waals surface area contributed by atoms with Crippen molar-refractivity contribution in [2.75, 3.05) is 0 Å². The van der Waals surface area contributed by atoms with Gasteiger partial charge in [-0.3, -0.25) is 14.0 Å². The lowest BCUT2D eigenvalue weighted by molar-refractivity contribution is -0.137. The Morgan fingerprint density at radius 2 is 2.30 bits per heavy atom. The minimum atomic E-state index is -0.848. The molecule has 0 saturated heterocycles. The van der Waals surface area contributed by atoms with Gasteiger partial charge in [0, 0.05) is 29.7 Å². The summed E-state index contributed by atoms with van der Waals surface area (Å²) in [5.74, 6) is -0.950. The minimum Gasteiger partial charge on any atom is -0.481 e. The minimum absolute atomic E-state index is 0.0604. The van der Waals surface area contributed by atoms with Crippen molar-refractivity contribution in [3.63, 3.8) is 0 Å². The lowest BCUT2D eigenvalue weighted by Crippen LogP contribution is -2.34. The second kappa shape index (κ2) is 6.04. The number of fused-ring (bicyclic) bond motifs is 1. The fourth-order valence-corrected chi connectivity index (χ4v) is 2.89. The second-order valence-corrected chi connectivity index (χ2v) is 5.68. The lowest BCUT2D eigenvalue weighted by atomic mass is 10.2. The number of thiazole rings is 1. The highest BCUT2D eigenvalue weighted by Crippen LogP contribution is 2.16. The highest BCUT2D eigenvalue weighted by Gasteiger charge is 2.13. The van der Waals surface area contributed by atoms with Crippen LogP contribution in [0.4, 0.5) is 0 Å². The summed E-state index contributed by atoms with van der Waals surface area (Å²) < 4.78 is 1.92. The lowest BCUT2D eigenvalue weighted by Gasteiger charge is -2.12. The highest BCUT2D eigenvalue weighted by molar-refractivity contribution is 7.15. The molecule has 1 atom stereocenters. The standard InChI is InChI=1S/C13H17N3O3S/c1-8(3-4-12(18)19)14-11(17)5-10-7-20-13-15-9(2)6-16(10)13/h6-8H,3-5H2,1-2H3,(H,14,17)(H,18,19). The van der Waals surface area contributed by atoms with E-state index in [2.05, 4.69) is 10.3 Å². The number of aryl methyl sites for hydroxylation is 1. The third kappa shape index (κ3) is 3.57. The van der Waals surface area contributed by atoms with Crippen LogP contribution in [0.25, 0.3) is 4.96 Å². The van der Waals surface area contributed by atoms with Crippen LogP contribution in [0.2, 0.25) is 0 Å². The monoisotopic (exact) mass is 295 g/mol. The number of nitrogens with zero attached hydrogens (tertiary/aromatic N) is 2. The van der Waals surface area contributed by atoms with Crippen molar-refractivity contribution < 1.29 is 14.7 Å². The molecule has 7 heteroatoms. The molecule has 2 N–H and O–H groups in total. The van der Waals surface area contributed by atoms with Gasteiger partial charge in [-0.25, -0.2) is 4.98 Å². The summed E-state index contributed by atoms with van der Waals surface area (Å²) in [6, 6.07) is -0.141. The number of rotatable bonds is 6. The molecule has 0 bridgehead atoms. The summed E-state index contributed by atoms with van der Waals surface area (Å²) in [6.45, 7) is 3.73. The Hall–Kier alpha value is -1.89. The van der Waals surface area contributed by atoms with Gasteiger partial charge in [0.1, 0.15) is 0 Å². The summed E-state index contributed by atoms with van der Waals surface area (Å²) in [5.41, 5.74) is 1.82. The summed E-state index contributed by atoms with van der Waals surface area (Å²) in [5, 5.41) is 13.3. The van der Waals surface area contributed by atoms with Gasteiger partial charge < -0.3 is 10.4 Å². The molecular formula is C13H17N3O3S. The molecule has 20 heavy (non-hydrogen) atoms. The molecule has 0 saturated carbocycles. The number of hydrogen-bond acceptors (Lipinski definition) is 4. The van der Waals surface area contributed by atoms with E-state index in [0.717, 1.165) is 16.3 Å². The average molecular weight is 295 g/mol. The molecule has 2 rings (SSSR count). The van der Waals surface area contributed by atoms with Gasteiger partial charge >= 0.3 is 5.97 Å². The predicted molar refractivity (Wildman–Crippen MR) is 76.0 cm³/mol. The Morgan fingerprint density at radius 3 is 3.00 bits per heavy atom. The molecule has 108 valence electrons. The molecule has 0 aliphatic heterocycles. The molecule has 0 spiro atoms. The number of imidazole rings is 1. The Morgan fingerprint density at radius 1 is 1.55 bits per heavy atom. The number of aliphatic carboxylic acids is 1. The first-order chi connectivity index (χ1) is 9.45. The van der Waals surface area contributed by atoms with E-state index in [1.54, 1.807) is 0 Å². The molecule has 1 unspecified atom stereocenters. The topological polar surface area (TPSA) is 83.7 Å². The Labute approximate surface area is 120 Å². The second-order valence-electron chi connectivity index (χ2n) is 4.84. The first-order valence-corrected chi connectivity index (χ1v) is 7.27. The average Bonchev–Trinajstić information content (AvgIpc) is 2.87. The highest BCUT2D eigenvalue weighted by atomic mass is 32.1. The van der Waals surface area contributed by atoms with E-state index in [1.165, 1.54) is 11.3 Å². The van der Waals surface area contributed by atoms with Crippen LogP contribution in [0.5, 0.6) is 0 Å². The Balaban J connectivity index is 1.92. The zero-order valence-corrected chi connectivity index (χ0v) is 12.2. The van der Waals surface area contributed by atoms with Gasteiger partial charge in [0.25, 0.3) is 0 Å². The van der Waals surface area contributed by atoms with Crippen molar-refractivity contribution in [2.45, 2.75) is 39.2 Å². The van der Waals surface area contributed by atoms with Gasteiger partial charge in [-0.05, 0) is 20.3 Å². The number of carboxylic acid groups (broad SMARTS) is 1. The zero-order valence-electron chi connectivity index (χ0n) is 11.4. The van der Waals surface area contributed by atoms with Crippen molar-refractivity contribution in [1.29, 1.82) is 0 Å². The van der Waals surface area contributed by atoms with Crippen LogP contribution in [-0.4, -0.2) is 32.4 Å². The third-order valence-electron chi connectivity index (χ3n) is 2.94. The number of carbonyl (C=O) groups excluding carboxylic acids is 1. The van der Waals surface area contributed by atoms with E-state index in [0.29, 0.717) is 6.42 Å². The summed E-state index contributed by atoms with van der Waals surface area (Å²) in [7, 11) is 0. The quantitative estimate of drug-likeness (QED) is 0.848. The molecular weight excluding hydrogens is 278 g/mol. The van der Waals surface area contributed by atoms with Crippen molar-refractivity contribution in [3.8, 4) is 0 Å². The van der Waals surface area contributed by atoms with Crippen LogP contribution in [0.3, 0.4) is 0 Å². The molecule has 2 aromatic rings. The summed E-state index contributed by atoms with van der Waals surface area (Å²) in [6.07, 6.45) is 2.67. The SMILES string of the molecule is Cc1cn2c(CC(=O)NC(C)CCC(=O)O)csc2n1. The first kappa shape index (κ1) is 14.5. The van der Waals surface area contributed by atoms with Crippen molar-refractivity contribution >= 4 is 28.2 Å². The first-order valence-electron chi connectivity index (χ1n) is 6.39. The number of hydrogen-bond donors (Lipinski definition) is 2. The maximum absolute atomic E-state index is 11.9. The summed E-state index contributed by atoms with van der Waals surface area (Å²) >= 11 is 1.50. The van der Waals surface area contributed by atoms with Crippen LogP contribution in [0.15, 0.2) is 11.6 Å². The largest absolute Gasteiger partial charge is 0.481 e. The molecule has 6 nitrogen and oxygen atoms in total. The van der Waals surface area contributed by atoms with Crippen molar-refractivity contribution in [2.24, 2.45) is 0 Å². The Kier molecular flexibility index (Phi) is 4.39. The van der Waals surface area contributed by atoms with Gasteiger partial charge in [0.05, 0.1) is 12.1 Å². The molecule has 0 radical (unpaired) electrons. The molecule has 2 aromatic heterocycles.